The second-order valence-corrected chi connectivity index (χ2v) is 6.16. The fraction of sp³-hybridized carbons (Fsp3) is 0.300. The fourth-order valence-corrected chi connectivity index (χ4v) is 3.10. The minimum absolute atomic E-state index is 0.0175. The molecule has 3 rings (SSSR count). The maximum atomic E-state index is 12.4. The van der Waals surface area contributed by atoms with E-state index in [2.05, 4.69) is 30.3 Å². The first kappa shape index (κ1) is 15.5. The SMILES string of the molecule is CC(=O)CN1CCc2cc(CCc3ccccc3)ccc2C1=O. The maximum absolute atomic E-state index is 12.4. The van der Waals surface area contributed by atoms with Gasteiger partial charge in [0.2, 0.25) is 0 Å². The van der Waals surface area contributed by atoms with Crippen LogP contribution in [0.4, 0.5) is 0 Å². The number of ketones is 1. The highest BCUT2D eigenvalue weighted by atomic mass is 16.2. The monoisotopic (exact) mass is 307 g/mol. The fourth-order valence-electron chi connectivity index (χ4n) is 3.10. The molecule has 118 valence electrons. The molecular formula is C20H21NO2. The highest BCUT2D eigenvalue weighted by molar-refractivity contribution is 5.98. The number of amides is 1. The van der Waals surface area contributed by atoms with E-state index in [1.54, 1.807) is 4.90 Å². The number of carbonyl (C=O) groups excluding carboxylic acids is 2. The van der Waals surface area contributed by atoms with Crippen molar-refractivity contribution in [2.75, 3.05) is 13.1 Å². The molecule has 0 aromatic heterocycles. The standard InChI is InChI=1S/C20H21NO2/c1-15(22)14-21-12-11-18-13-17(9-10-19(18)20(21)23)8-7-16-5-3-2-4-6-16/h2-6,9-10,13H,7-8,11-12,14H2,1H3. The van der Waals surface area contributed by atoms with Crippen LogP contribution in [0.1, 0.15) is 34.0 Å². The number of fused-ring (bicyclic) bond motifs is 1. The van der Waals surface area contributed by atoms with E-state index in [0.717, 1.165) is 30.4 Å². The first-order valence-corrected chi connectivity index (χ1v) is 8.08. The van der Waals surface area contributed by atoms with E-state index in [-0.39, 0.29) is 18.2 Å². The van der Waals surface area contributed by atoms with Crippen LogP contribution in [0.2, 0.25) is 0 Å². The molecule has 1 amide bonds. The van der Waals surface area contributed by atoms with E-state index in [1.165, 1.54) is 18.1 Å². The highest BCUT2D eigenvalue weighted by Gasteiger charge is 2.24. The van der Waals surface area contributed by atoms with Crippen LogP contribution < -0.4 is 0 Å². The summed E-state index contributed by atoms with van der Waals surface area (Å²) in [5, 5.41) is 0. The third-order valence-corrected chi connectivity index (χ3v) is 4.30. The lowest BCUT2D eigenvalue weighted by Crippen LogP contribution is -2.40. The number of Topliss-reactive ketones (excluding diaryl/α,β-unsaturated/α-hetero) is 1. The molecule has 1 aliphatic rings. The predicted molar refractivity (Wildman–Crippen MR) is 90.6 cm³/mol. The molecule has 0 aliphatic carbocycles. The summed E-state index contributed by atoms with van der Waals surface area (Å²) >= 11 is 0. The van der Waals surface area contributed by atoms with Gasteiger partial charge in [-0.3, -0.25) is 9.59 Å². The number of benzene rings is 2. The number of rotatable bonds is 5. The molecule has 1 aliphatic heterocycles. The highest BCUT2D eigenvalue weighted by Crippen LogP contribution is 2.21. The van der Waals surface area contributed by atoms with Crippen molar-refractivity contribution < 1.29 is 9.59 Å². The van der Waals surface area contributed by atoms with E-state index in [1.807, 2.05) is 18.2 Å². The van der Waals surface area contributed by atoms with Crippen LogP contribution >= 0.6 is 0 Å². The largest absolute Gasteiger partial charge is 0.331 e. The van der Waals surface area contributed by atoms with Gasteiger partial charge in [0.25, 0.3) is 5.91 Å². The molecule has 0 saturated heterocycles. The molecule has 2 aromatic rings. The van der Waals surface area contributed by atoms with Gasteiger partial charge < -0.3 is 4.90 Å². The molecule has 0 unspecified atom stereocenters. The normalized spacial score (nSPS) is 13.8. The lowest BCUT2D eigenvalue weighted by Gasteiger charge is -2.28. The maximum Gasteiger partial charge on any atom is 0.254 e. The summed E-state index contributed by atoms with van der Waals surface area (Å²) in [4.78, 5) is 25.3. The van der Waals surface area contributed by atoms with E-state index in [9.17, 15) is 9.59 Å². The molecule has 0 atom stereocenters. The minimum atomic E-state index is -0.0175. The molecule has 0 spiro atoms. The van der Waals surface area contributed by atoms with Crippen molar-refractivity contribution in [3.05, 3.63) is 70.8 Å². The zero-order chi connectivity index (χ0) is 16.2. The van der Waals surface area contributed by atoms with Gasteiger partial charge in [0.1, 0.15) is 5.78 Å². The Morgan fingerprint density at radius 2 is 1.78 bits per heavy atom. The van der Waals surface area contributed by atoms with Crippen LogP contribution in [0.5, 0.6) is 0 Å². The summed E-state index contributed by atoms with van der Waals surface area (Å²) in [7, 11) is 0. The molecule has 0 radical (unpaired) electrons. The van der Waals surface area contributed by atoms with Gasteiger partial charge in [-0.15, -0.1) is 0 Å². The number of nitrogens with zero attached hydrogens (tertiary/aromatic N) is 1. The lowest BCUT2D eigenvalue weighted by atomic mass is 9.94. The molecule has 1 heterocycles. The van der Waals surface area contributed by atoms with E-state index in [4.69, 9.17) is 0 Å². The van der Waals surface area contributed by atoms with Crippen LogP contribution in [-0.4, -0.2) is 29.7 Å². The second kappa shape index (κ2) is 6.78. The Balaban J connectivity index is 1.71. The average molecular weight is 307 g/mol. The molecule has 3 heteroatoms. The summed E-state index contributed by atoms with van der Waals surface area (Å²) in [6, 6.07) is 16.5. The van der Waals surface area contributed by atoms with Crippen LogP contribution in [0, 0.1) is 0 Å². The molecule has 2 aromatic carbocycles. The van der Waals surface area contributed by atoms with Crippen molar-refractivity contribution in [1.82, 2.24) is 4.90 Å². The zero-order valence-electron chi connectivity index (χ0n) is 13.4. The molecule has 3 nitrogen and oxygen atoms in total. The van der Waals surface area contributed by atoms with E-state index in [0.29, 0.717) is 6.54 Å². The van der Waals surface area contributed by atoms with Gasteiger partial charge in [-0.05, 0) is 48.9 Å². The number of carbonyl (C=O) groups is 2. The van der Waals surface area contributed by atoms with Crippen molar-refractivity contribution in [3.63, 3.8) is 0 Å². The van der Waals surface area contributed by atoms with Gasteiger partial charge in [0.15, 0.2) is 0 Å². The molecule has 0 saturated carbocycles. The summed E-state index contributed by atoms with van der Waals surface area (Å²) in [5.41, 5.74) is 4.45. The Morgan fingerprint density at radius 3 is 2.52 bits per heavy atom. The lowest BCUT2D eigenvalue weighted by molar-refractivity contribution is -0.117. The molecule has 23 heavy (non-hydrogen) atoms. The Hall–Kier alpha value is -2.42. The Morgan fingerprint density at radius 1 is 1.04 bits per heavy atom. The third-order valence-electron chi connectivity index (χ3n) is 4.30. The summed E-state index contributed by atoms with van der Waals surface area (Å²) < 4.78 is 0. The Kier molecular flexibility index (Phi) is 4.56. The van der Waals surface area contributed by atoms with E-state index < -0.39 is 0 Å². The topological polar surface area (TPSA) is 37.4 Å². The van der Waals surface area contributed by atoms with Gasteiger partial charge >= 0.3 is 0 Å². The van der Waals surface area contributed by atoms with Crippen LogP contribution in [0.15, 0.2) is 48.5 Å². The number of hydrogen-bond acceptors (Lipinski definition) is 2. The van der Waals surface area contributed by atoms with E-state index >= 15 is 0 Å². The quantitative estimate of drug-likeness (QED) is 0.851. The molecule has 0 fully saturated rings. The van der Waals surface area contributed by atoms with Crippen molar-refractivity contribution in [2.24, 2.45) is 0 Å². The van der Waals surface area contributed by atoms with Gasteiger partial charge in [-0.1, -0.05) is 42.5 Å². The van der Waals surface area contributed by atoms with Gasteiger partial charge in [-0.2, -0.15) is 0 Å². The summed E-state index contributed by atoms with van der Waals surface area (Å²) in [6.45, 7) is 2.37. The van der Waals surface area contributed by atoms with Crippen molar-refractivity contribution in [1.29, 1.82) is 0 Å². The minimum Gasteiger partial charge on any atom is -0.331 e. The van der Waals surface area contributed by atoms with Crippen molar-refractivity contribution >= 4 is 11.7 Å². The van der Waals surface area contributed by atoms with Crippen molar-refractivity contribution in [2.45, 2.75) is 26.2 Å². The Bertz CT molecular complexity index is 722. The smallest absolute Gasteiger partial charge is 0.254 e. The predicted octanol–water partition coefficient (Wildman–Crippen LogP) is 3.06. The average Bonchev–Trinajstić information content (AvgIpc) is 2.56. The van der Waals surface area contributed by atoms with Crippen molar-refractivity contribution in [3.8, 4) is 0 Å². The molecular weight excluding hydrogens is 286 g/mol. The van der Waals surface area contributed by atoms with Gasteiger partial charge in [0.05, 0.1) is 6.54 Å². The number of aryl methyl sites for hydroxylation is 2. The van der Waals surface area contributed by atoms with Crippen LogP contribution in [0.3, 0.4) is 0 Å². The third kappa shape index (κ3) is 3.67. The second-order valence-electron chi connectivity index (χ2n) is 6.16. The van der Waals surface area contributed by atoms with Gasteiger partial charge in [0, 0.05) is 12.1 Å². The Labute approximate surface area is 136 Å². The first-order valence-electron chi connectivity index (χ1n) is 8.08. The van der Waals surface area contributed by atoms with Crippen LogP contribution in [-0.2, 0) is 24.1 Å². The van der Waals surface area contributed by atoms with Gasteiger partial charge in [-0.25, -0.2) is 0 Å². The molecule has 0 N–H and O–H groups in total. The summed E-state index contributed by atoms with van der Waals surface area (Å²) in [6.07, 6.45) is 2.81. The van der Waals surface area contributed by atoms with Crippen LogP contribution in [0.25, 0.3) is 0 Å². The number of hydrogen-bond donors (Lipinski definition) is 0. The first-order chi connectivity index (χ1) is 11.1. The molecule has 0 bridgehead atoms. The zero-order valence-corrected chi connectivity index (χ0v) is 13.4. The summed E-state index contributed by atoms with van der Waals surface area (Å²) in [5.74, 6) is 0.0114.